The molecule has 2 atom stereocenters. The van der Waals surface area contributed by atoms with Crippen LogP contribution in [-0.2, 0) is 36.3 Å². The van der Waals surface area contributed by atoms with Crippen LogP contribution in [0.15, 0.2) is 42.7 Å². The number of halogens is 1. The Kier molecular flexibility index (Phi) is 9.28. The van der Waals surface area contributed by atoms with Crippen LogP contribution in [0.4, 0.5) is 0 Å². The molecule has 4 rings (SSSR count). The van der Waals surface area contributed by atoms with Crippen molar-refractivity contribution in [2.24, 2.45) is 12.5 Å². The molecule has 1 aromatic carbocycles. The second-order valence-electron chi connectivity index (χ2n) is 10.1. The molecule has 200 valence electrons. The summed E-state index contributed by atoms with van der Waals surface area (Å²) in [5.41, 5.74) is 3.51. The molecule has 9 nitrogen and oxygen atoms in total. The van der Waals surface area contributed by atoms with E-state index in [0.29, 0.717) is 18.8 Å². The van der Waals surface area contributed by atoms with Gasteiger partial charge in [-0.25, -0.2) is 0 Å². The van der Waals surface area contributed by atoms with Crippen LogP contribution >= 0.6 is 12.4 Å². The average Bonchev–Trinajstić information content (AvgIpc) is 3.16. The van der Waals surface area contributed by atoms with E-state index in [4.69, 9.17) is 9.47 Å². The normalized spacial score (nSPS) is 16.7. The molecule has 0 bridgehead atoms. The summed E-state index contributed by atoms with van der Waals surface area (Å²) in [7, 11) is 1.78. The first-order valence-electron chi connectivity index (χ1n) is 12.3. The molecular formula is C27H36ClN5O4. The van der Waals surface area contributed by atoms with Crippen molar-refractivity contribution in [1.82, 2.24) is 24.9 Å². The van der Waals surface area contributed by atoms with Gasteiger partial charge >= 0.3 is 5.97 Å². The van der Waals surface area contributed by atoms with Crippen LogP contribution in [0.3, 0.4) is 0 Å². The van der Waals surface area contributed by atoms with E-state index in [1.807, 2.05) is 24.3 Å². The van der Waals surface area contributed by atoms with Crippen molar-refractivity contribution in [2.75, 3.05) is 6.54 Å². The molecule has 0 saturated heterocycles. The highest BCUT2D eigenvalue weighted by molar-refractivity contribution is 5.85. The van der Waals surface area contributed by atoms with Crippen LogP contribution < -0.4 is 4.74 Å². The van der Waals surface area contributed by atoms with Gasteiger partial charge in [-0.1, -0.05) is 30.3 Å². The number of hydrogen-bond acceptors (Lipinski definition) is 7. The number of carboxylic acid groups (broad SMARTS) is 1. The monoisotopic (exact) mass is 529 g/mol. The van der Waals surface area contributed by atoms with Crippen molar-refractivity contribution in [3.63, 3.8) is 0 Å². The van der Waals surface area contributed by atoms with Crippen LogP contribution in [0.25, 0.3) is 0 Å². The Morgan fingerprint density at radius 3 is 2.78 bits per heavy atom. The maximum atomic E-state index is 12.2. The molecule has 10 heteroatoms. The zero-order chi connectivity index (χ0) is 25.9. The van der Waals surface area contributed by atoms with Crippen LogP contribution in [0.1, 0.15) is 61.4 Å². The molecule has 1 aliphatic heterocycles. The van der Waals surface area contributed by atoms with Gasteiger partial charge in [0.15, 0.2) is 0 Å². The quantitative estimate of drug-likeness (QED) is 0.433. The largest absolute Gasteiger partial charge is 0.487 e. The fraction of sp³-hybridized carbons (Fsp3) is 0.481. The fourth-order valence-electron chi connectivity index (χ4n) is 4.49. The van der Waals surface area contributed by atoms with Crippen molar-refractivity contribution in [3.05, 3.63) is 70.8 Å². The summed E-state index contributed by atoms with van der Waals surface area (Å²) in [6.07, 6.45) is 3.87. The number of carbonyl (C=O) groups is 1. The van der Waals surface area contributed by atoms with E-state index in [2.05, 4.69) is 40.1 Å². The second-order valence-corrected chi connectivity index (χ2v) is 10.1. The number of benzene rings is 1. The molecule has 2 aromatic heterocycles. The van der Waals surface area contributed by atoms with Crippen LogP contribution in [0.2, 0.25) is 0 Å². The third-order valence-corrected chi connectivity index (χ3v) is 6.76. The summed E-state index contributed by atoms with van der Waals surface area (Å²) in [6.45, 7) is 9.92. The van der Waals surface area contributed by atoms with E-state index in [9.17, 15) is 9.90 Å². The molecule has 0 fully saturated rings. The fourth-order valence-corrected chi connectivity index (χ4v) is 4.49. The first-order valence-corrected chi connectivity index (χ1v) is 12.3. The summed E-state index contributed by atoms with van der Waals surface area (Å²) in [6, 6.07) is 9.96. The summed E-state index contributed by atoms with van der Waals surface area (Å²) in [5, 5.41) is 18.0. The number of ether oxygens (including phenoxy) is 2. The highest BCUT2D eigenvalue weighted by Crippen LogP contribution is 2.38. The van der Waals surface area contributed by atoms with Crippen molar-refractivity contribution in [3.8, 4) is 5.75 Å². The molecule has 0 spiro atoms. The lowest BCUT2D eigenvalue weighted by molar-refractivity contribution is -0.158. The number of carboxylic acids is 1. The maximum Gasteiger partial charge on any atom is 0.312 e. The van der Waals surface area contributed by atoms with Crippen molar-refractivity contribution >= 4 is 18.4 Å². The van der Waals surface area contributed by atoms with E-state index in [-0.39, 0.29) is 25.1 Å². The van der Waals surface area contributed by atoms with Gasteiger partial charge in [0.2, 0.25) is 0 Å². The van der Waals surface area contributed by atoms with E-state index < -0.39 is 17.5 Å². The van der Waals surface area contributed by atoms with Gasteiger partial charge < -0.3 is 14.6 Å². The number of aryl methyl sites for hydroxylation is 2. The van der Waals surface area contributed by atoms with Gasteiger partial charge in [0, 0.05) is 32.9 Å². The number of aliphatic carboxylic acids is 1. The van der Waals surface area contributed by atoms with E-state index >= 15 is 0 Å². The Morgan fingerprint density at radius 2 is 2.11 bits per heavy atom. The molecule has 2 unspecified atom stereocenters. The molecule has 3 heterocycles. The Balaban J connectivity index is 0.00000380. The zero-order valence-corrected chi connectivity index (χ0v) is 22.9. The van der Waals surface area contributed by atoms with Crippen molar-refractivity contribution in [2.45, 2.75) is 66.0 Å². The van der Waals surface area contributed by atoms with Gasteiger partial charge in [-0.15, -0.1) is 17.5 Å². The van der Waals surface area contributed by atoms with Crippen LogP contribution in [0, 0.1) is 12.3 Å². The number of nitrogens with zero attached hydrogens (tertiary/aromatic N) is 5. The molecule has 0 saturated carbocycles. The molecule has 0 aliphatic carbocycles. The molecule has 0 radical (unpaired) electrons. The average molecular weight is 530 g/mol. The Hall–Kier alpha value is -3.01. The van der Waals surface area contributed by atoms with Gasteiger partial charge in [-0.3, -0.25) is 19.4 Å². The Bertz CT molecular complexity index is 1220. The molecular weight excluding hydrogens is 494 g/mol. The standard InChI is InChI=1S/C27H35N5O4.ClH/c1-6-22-15-32(16-23-24(36-22)8-7-11-28-23)13-20-12-19(10-9-18(20)2)25(27(3,4)26(33)34)35-17-21-14-31(5)30-29-21;/h7-12,14,22,25H,6,13,15-17H2,1-5H3,(H,33,34);1H. The van der Waals surface area contributed by atoms with Gasteiger partial charge in [-0.2, -0.15) is 0 Å². The first-order chi connectivity index (χ1) is 17.2. The number of fused-ring (bicyclic) bond motifs is 1. The number of pyridine rings is 1. The minimum Gasteiger partial charge on any atom is -0.487 e. The maximum absolute atomic E-state index is 12.2. The summed E-state index contributed by atoms with van der Waals surface area (Å²) in [5.74, 6) is -0.0788. The number of hydrogen-bond donors (Lipinski definition) is 1. The lowest BCUT2D eigenvalue weighted by Gasteiger charge is -2.31. The van der Waals surface area contributed by atoms with Gasteiger partial charge in [0.1, 0.15) is 17.5 Å². The molecule has 3 aromatic rings. The lowest BCUT2D eigenvalue weighted by Crippen LogP contribution is -2.34. The van der Waals surface area contributed by atoms with Gasteiger partial charge in [0.25, 0.3) is 0 Å². The Morgan fingerprint density at radius 1 is 1.32 bits per heavy atom. The zero-order valence-electron chi connectivity index (χ0n) is 22.0. The SMILES string of the molecule is CCC1CN(Cc2cc(C(OCc3cn(C)nn3)C(C)(C)C(=O)O)ccc2C)Cc2ncccc2O1.Cl. The van der Waals surface area contributed by atoms with Gasteiger partial charge in [0.05, 0.1) is 30.0 Å². The highest BCUT2D eigenvalue weighted by Gasteiger charge is 2.39. The Labute approximate surface area is 224 Å². The van der Waals surface area contributed by atoms with E-state index in [1.54, 1.807) is 38.0 Å². The first kappa shape index (κ1) is 28.6. The minimum absolute atomic E-state index is 0. The van der Waals surface area contributed by atoms with Crippen LogP contribution in [-0.4, -0.2) is 48.6 Å². The van der Waals surface area contributed by atoms with E-state index in [0.717, 1.165) is 41.1 Å². The van der Waals surface area contributed by atoms with Crippen LogP contribution in [0.5, 0.6) is 5.75 Å². The molecule has 37 heavy (non-hydrogen) atoms. The number of aromatic nitrogens is 4. The second kappa shape index (κ2) is 12.0. The summed E-state index contributed by atoms with van der Waals surface area (Å²) in [4.78, 5) is 19.1. The van der Waals surface area contributed by atoms with E-state index in [1.165, 1.54) is 0 Å². The predicted molar refractivity (Wildman–Crippen MR) is 141 cm³/mol. The predicted octanol–water partition coefficient (Wildman–Crippen LogP) is 4.48. The third kappa shape index (κ3) is 6.66. The lowest BCUT2D eigenvalue weighted by atomic mass is 9.81. The summed E-state index contributed by atoms with van der Waals surface area (Å²) >= 11 is 0. The third-order valence-electron chi connectivity index (χ3n) is 6.76. The summed E-state index contributed by atoms with van der Waals surface area (Å²) < 4.78 is 14.0. The van der Waals surface area contributed by atoms with Crippen molar-refractivity contribution in [1.29, 1.82) is 0 Å². The molecule has 1 N–H and O–H groups in total. The minimum atomic E-state index is -1.15. The van der Waals surface area contributed by atoms with Gasteiger partial charge in [-0.05, 0) is 56.0 Å². The highest BCUT2D eigenvalue weighted by atomic mass is 35.5. The molecule has 0 amide bonds. The van der Waals surface area contributed by atoms with Crippen molar-refractivity contribution < 1.29 is 19.4 Å². The molecule has 1 aliphatic rings. The smallest absolute Gasteiger partial charge is 0.312 e. The topological polar surface area (TPSA) is 103 Å². The number of rotatable bonds is 9.